The van der Waals surface area contributed by atoms with Gasteiger partial charge in [0.2, 0.25) is 0 Å². The zero-order chi connectivity index (χ0) is 26.4. The van der Waals surface area contributed by atoms with E-state index in [0.29, 0.717) is 42.2 Å². The van der Waals surface area contributed by atoms with Crippen LogP contribution in [0.4, 0.5) is 15.9 Å². The molecule has 0 bridgehead atoms. The Balaban J connectivity index is 1.62. The zero-order valence-corrected chi connectivity index (χ0v) is 21.3. The number of carboxylic acids is 1. The van der Waals surface area contributed by atoms with Gasteiger partial charge >= 0.3 is 5.97 Å². The lowest BCUT2D eigenvalue weighted by molar-refractivity contribution is 0.0691. The molecule has 0 spiro atoms. The van der Waals surface area contributed by atoms with E-state index >= 15 is 0 Å². The molecule has 190 valence electrons. The number of fused-ring (bicyclic) bond motifs is 2. The van der Waals surface area contributed by atoms with Gasteiger partial charge in [-0.1, -0.05) is 24.6 Å². The highest BCUT2D eigenvalue weighted by atomic mass is 35.5. The summed E-state index contributed by atoms with van der Waals surface area (Å²) in [6.07, 6.45) is 2.24. The van der Waals surface area contributed by atoms with Crippen molar-refractivity contribution in [2.75, 3.05) is 10.2 Å². The Kier molecular flexibility index (Phi) is 6.33. The fourth-order valence-electron chi connectivity index (χ4n) is 4.86. The smallest absolute Gasteiger partial charge is 0.356 e. The number of pyridine rings is 2. The van der Waals surface area contributed by atoms with Crippen molar-refractivity contribution in [2.24, 2.45) is 0 Å². The number of nitrogens with zero attached hydrogens (tertiary/aromatic N) is 4. The Labute approximate surface area is 217 Å². The van der Waals surface area contributed by atoms with Crippen LogP contribution in [0.25, 0.3) is 5.65 Å². The number of halogens is 2. The first-order chi connectivity index (χ1) is 17.7. The van der Waals surface area contributed by atoms with E-state index in [2.05, 4.69) is 10.3 Å². The van der Waals surface area contributed by atoms with Crippen molar-refractivity contribution in [3.05, 3.63) is 97.4 Å². The van der Waals surface area contributed by atoms with E-state index in [4.69, 9.17) is 16.6 Å². The molecule has 10 heteroatoms. The number of carboxylic acid groups (broad SMARTS) is 1. The van der Waals surface area contributed by atoms with Gasteiger partial charge < -0.3 is 15.3 Å². The number of hydrogen-bond donors (Lipinski definition) is 2. The molecule has 0 saturated carbocycles. The first-order valence-corrected chi connectivity index (χ1v) is 12.3. The molecular formula is C27H25ClFN5O3. The van der Waals surface area contributed by atoms with Gasteiger partial charge in [-0.25, -0.2) is 19.2 Å². The van der Waals surface area contributed by atoms with Crippen LogP contribution in [0.5, 0.6) is 0 Å². The Morgan fingerprint density at radius 2 is 1.95 bits per heavy atom. The van der Waals surface area contributed by atoms with Crippen molar-refractivity contribution >= 4 is 34.7 Å². The van der Waals surface area contributed by atoms with Gasteiger partial charge in [0.05, 0.1) is 17.3 Å². The molecule has 8 nitrogen and oxygen atoms in total. The van der Waals surface area contributed by atoms with Crippen LogP contribution in [-0.2, 0) is 19.5 Å². The van der Waals surface area contributed by atoms with Crippen molar-refractivity contribution in [1.29, 1.82) is 0 Å². The summed E-state index contributed by atoms with van der Waals surface area (Å²) in [6, 6.07) is 9.31. The first-order valence-electron chi connectivity index (χ1n) is 11.9. The second-order valence-corrected chi connectivity index (χ2v) is 9.60. The summed E-state index contributed by atoms with van der Waals surface area (Å²) in [6.45, 7) is 6.65. The monoisotopic (exact) mass is 521 g/mol. The van der Waals surface area contributed by atoms with Crippen molar-refractivity contribution < 1.29 is 14.3 Å². The molecule has 37 heavy (non-hydrogen) atoms. The molecule has 4 aromatic rings. The molecule has 1 aliphatic heterocycles. The fraction of sp³-hybridized carbons (Fsp3) is 0.259. The van der Waals surface area contributed by atoms with Crippen LogP contribution in [0, 0.1) is 12.7 Å². The van der Waals surface area contributed by atoms with E-state index in [-0.39, 0.29) is 22.2 Å². The summed E-state index contributed by atoms with van der Waals surface area (Å²) >= 11 is 5.91. The van der Waals surface area contributed by atoms with E-state index in [1.807, 2.05) is 31.7 Å². The maximum absolute atomic E-state index is 13.8. The summed E-state index contributed by atoms with van der Waals surface area (Å²) in [4.78, 5) is 36.3. The van der Waals surface area contributed by atoms with Crippen LogP contribution >= 0.6 is 11.6 Å². The normalized spacial score (nSPS) is 13.6. The Morgan fingerprint density at radius 1 is 1.19 bits per heavy atom. The summed E-state index contributed by atoms with van der Waals surface area (Å²) in [5, 5.41) is 12.9. The van der Waals surface area contributed by atoms with Gasteiger partial charge in [0.25, 0.3) is 5.56 Å². The minimum Gasteiger partial charge on any atom is -0.476 e. The molecule has 4 heterocycles. The van der Waals surface area contributed by atoms with Crippen LogP contribution in [0.3, 0.4) is 0 Å². The van der Waals surface area contributed by atoms with E-state index in [1.165, 1.54) is 18.2 Å². The number of aryl methyl sites for hydroxylation is 1. The molecular weight excluding hydrogens is 497 g/mol. The van der Waals surface area contributed by atoms with Crippen LogP contribution in [-0.4, -0.2) is 25.4 Å². The number of anilines is 2. The first kappa shape index (κ1) is 24.7. The number of benzene rings is 1. The van der Waals surface area contributed by atoms with Gasteiger partial charge in [0.1, 0.15) is 22.4 Å². The molecule has 0 fully saturated rings. The summed E-state index contributed by atoms with van der Waals surface area (Å²) in [5.41, 5.74) is 4.43. The molecule has 3 aromatic heterocycles. The molecule has 2 N–H and O–H groups in total. The third-order valence-electron chi connectivity index (χ3n) is 6.61. The van der Waals surface area contributed by atoms with E-state index in [0.717, 1.165) is 22.3 Å². The van der Waals surface area contributed by atoms with Crippen molar-refractivity contribution in [3.63, 3.8) is 0 Å². The van der Waals surface area contributed by atoms with Crippen molar-refractivity contribution in [2.45, 2.75) is 46.3 Å². The second-order valence-electron chi connectivity index (χ2n) is 9.21. The van der Waals surface area contributed by atoms with E-state index in [9.17, 15) is 19.1 Å². The van der Waals surface area contributed by atoms with Gasteiger partial charge in [-0.05, 0) is 67.3 Å². The third kappa shape index (κ3) is 4.51. The molecule has 0 aliphatic carbocycles. The lowest BCUT2D eigenvalue weighted by Gasteiger charge is -2.23. The number of rotatable bonds is 6. The minimum absolute atomic E-state index is 0.0769. The highest BCUT2D eigenvalue weighted by Crippen LogP contribution is 2.31. The predicted octanol–water partition coefficient (Wildman–Crippen LogP) is 5.14. The molecule has 1 atom stereocenters. The molecule has 1 aliphatic rings. The summed E-state index contributed by atoms with van der Waals surface area (Å²) < 4.78 is 15.4. The van der Waals surface area contributed by atoms with Gasteiger partial charge in [-0.2, -0.15) is 0 Å². The lowest BCUT2D eigenvalue weighted by atomic mass is 10.1. The van der Waals surface area contributed by atoms with Gasteiger partial charge in [-0.3, -0.25) is 9.20 Å². The average Bonchev–Trinajstić information content (AvgIpc) is 3.27. The Hall–Kier alpha value is -3.98. The number of hydrogen-bond acceptors (Lipinski definition) is 6. The number of aromatic nitrogens is 3. The highest BCUT2D eigenvalue weighted by Gasteiger charge is 2.26. The van der Waals surface area contributed by atoms with E-state index in [1.54, 1.807) is 22.7 Å². The van der Waals surface area contributed by atoms with Gasteiger partial charge in [0, 0.05) is 24.8 Å². The maximum atomic E-state index is 13.8. The zero-order valence-electron chi connectivity index (χ0n) is 20.5. The number of aromatic carboxylic acids is 1. The molecule has 0 amide bonds. The van der Waals surface area contributed by atoms with Crippen LogP contribution in [0.2, 0.25) is 5.15 Å². The van der Waals surface area contributed by atoms with E-state index < -0.39 is 12.0 Å². The molecule has 0 saturated heterocycles. The second kappa shape index (κ2) is 9.48. The molecule has 0 unspecified atom stereocenters. The van der Waals surface area contributed by atoms with Crippen LogP contribution < -0.4 is 15.8 Å². The third-order valence-corrected chi connectivity index (χ3v) is 6.82. The predicted molar refractivity (Wildman–Crippen MR) is 140 cm³/mol. The van der Waals surface area contributed by atoms with Crippen LogP contribution in [0.15, 0.2) is 47.4 Å². The molecule has 0 radical (unpaired) electrons. The highest BCUT2D eigenvalue weighted by molar-refractivity contribution is 6.29. The molecule has 1 aromatic carbocycles. The topological polar surface area (TPSA) is 99.8 Å². The number of carbonyl (C=O) groups is 1. The van der Waals surface area contributed by atoms with Crippen molar-refractivity contribution in [3.8, 4) is 0 Å². The Morgan fingerprint density at radius 3 is 2.68 bits per heavy atom. The van der Waals surface area contributed by atoms with Crippen LogP contribution in [0.1, 0.15) is 58.2 Å². The summed E-state index contributed by atoms with van der Waals surface area (Å²) in [5.74, 6) is -0.931. The SMILES string of the molecule is CCc1c(N2Cc3ccc(F)cc3C2)nc2c([C@@H](C)Nc3ccc(Cl)nc3C(=O)O)cc(C)cn2c1=O. The Bertz CT molecular complexity index is 1620. The largest absolute Gasteiger partial charge is 0.476 e. The molecule has 5 rings (SSSR count). The maximum Gasteiger partial charge on any atom is 0.356 e. The number of nitrogens with one attached hydrogen (secondary N) is 1. The standard InChI is InChI=1S/C27H25ClFN5O3/c1-4-19-24(33-12-16-5-6-18(29)10-17(16)13-33)32-25-20(9-14(2)11-34(25)26(19)35)15(3)30-21-7-8-22(28)31-23(21)27(36)37/h5-11,15,30H,4,12-13H2,1-3H3,(H,36,37)/t15-/m1/s1. The fourth-order valence-corrected chi connectivity index (χ4v) is 5.01. The van der Waals surface area contributed by atoms with Crippen molar-refractivity contribution in [1.82, 2.24) is 14.4 Å². The summed E-state index contributed by atoms with van der Waals surface area (Å²) in [7, 11) is 0. The lowest BCUT2D eigenvalue weighted by Crippen LogP contribution is -2.28. The minimum atomic E-state index is -1.21. The van der Waals surface area contributed by atoms with Gasteiger partial charge in [0.15, 0.2) is 5.69 Å². The quantitative estimate of drug-likeness (QED) is 0.339. The van der Waals surface area contributed by atoms with Gasteiger partial charge in [-0.15, -0.1) is 0 Å². The average molecular weight is 522 g/mol.